The maximum atomic E-state index is 13.7. The minimum Gasteiger partial charge on any atom is -0.468 e. The first kappa shape index (κ1) is 15.2. The number of nitrogens with zero attached hydrogens (tertiary/aromatic N) is 2. The Morgan fingerprint density at radius 3 is 2.43 bits per heavy atom. The number of hydrogen-bond acceptors (Lipinski definition) is 3. The number of halogens is 1. The summed E-state index contributed by atoms with van der Waals surface area (Å²) in [4.78, 5) is 11.4. The zero-order chi connectivity index (χ0) is 15.6. The van der Waals surface area contributed by atoms with Crippen molar-refractivity contribution in [3.63, 3.8) is 0 Å². The van der Waals surface area contributed by atoms with Crippen molar-refractivity contribution in [2.75, 3.05) is 7.11 Å². The van der Waals surface area contributed by atoms with Crippen LogP contribution in [0.25, 0.3) is 11.3 Å². The second kappa shape index (κ2) is 6.08. The summed E-state index contributed by atoms with van der Waals surface area (Å²) in [6.45, 7) is 5.55. The van der Waals surface area contributed by atoms with Crippen molar-refractivity contribution in [3.8, 4) is 11.3 Å². The maximum Gasteiger partial charge on any atom is 0.327 e. The summed E-state index contributed by atoms with van der Waals surface area (Å²) in [6.07, 6.45) is 0.753. The van der Waals surface area contributed by atoms with Crippen molar-refractivity contribution in [2.45, 2.75) is 33.7 Å². The van der Waals surface area contributed by atoms with Crippen LogP contribution >= 0.6 is 0 Å². The molecule has 2 aromatic rings. The van der Waals surface area contributed by atoms with Gasteiger partial charge in [-0.15, -0.1) is 0 Å². The molecule has 1 heterocycles. The average Bonchev–Trinajstić information content (AvgIpc) is 2.87. The summed E-state index contributed by atoms with van der Waals surface area (Å²) in [7, 11) is 1.35. The molecule has 0 saturated carbocycles. The van der Waals surface area contributed by atoms with Crippen LogP contribution in [0, 0.1) is 19.7 Å². The van der Waals surface area contributed by atoms with Gasteiger partial charge in [-0.1, -0.05) is 6.92 Å². The third-order valence-corrected chi connectivity index (χ3v) is 3.46. The minimum atomic E-state index is -0.342. The van der Waals surface area contributed by atoms with E-state index in [-0.39, 0.29) is 18.3 Å². The van der Waals surface area contributed by atoms with E-state index >= 15 is 0 Å². The third-order valence-electron chi connectivity index (χ3n) is 3.46. The maximum absolute atomic E-state index is 13.7. The number of ether oxygens (including phenoxy) is 1. The fourth-order valence-corrected chi connectivity index (χ4v) is 2.30. The van der Waals surface area contributed by atoms with Crippen molar-refractivity contribution < 1.29 is 13.9 Å². The van der Waals surface area contributed by atoms with Gasteiger partial charge in [0.05, 0.1) is 12.8 Å². The molecule has 5 heteroatoms. The summed E-state index contributed by atoms with van der Waals surface area (Å²) >= 11 is 0. The zero-order valence-electron chi connectivity index (χ0n) is 12.7. The van der Waals surface area contributed by atoms with Gasteiger partial charge in [-0.3, -0.25) is 9.48 Å². The SMILES string of the molecule is CCc1cc(-c2cc(C)c(F)c(C)c2)nn1CC(=O)OC. The summed E-state index contributed by atoms with van der Waals surface area (Å²) in [5, 5.41) is 4.44. The number of hydrogen-bond donors (Lipinski definition) is 0. The largest absolute Gasteiger partial charge is 0.468 e. The average molecular weight is 290 g/mol. The highest BCUT2D eigenvalue weighted by Crippen LogP contribution is 2.24. The van der Waals surface area contributed by atoms with E-state index in [0.29, 0.717) is 11.1 Å². The molecule has 0 unspecified atom stereocenters. The van der Waals surface area contributed by atoms with Crippen LogP contribution in [0.15, 0.2) is 18.2 Å². The first-order valence-electron chi connectivity index (χ1n) is 6.87. The highest BCUT2D eigenvalue weighted by molar-refractivity contribution is 5.69. The second-order valence-electron chi connectivity index (χ2n) is 5.03. The molecule has 0 radical (unpaired) electrons. The second-order valence-corrected chi connectivity index (χ2v) is 5.03. The molecule has 0 aliphatic heterocycles. The molecule has 0 spiro atoms. The van der Waals surface area contributed by atoms with Crippen LogP contribution in [0.5, 0.6) is 0 Å². The van der Waals surface area contributed by atoms with E-state index in [2.05, 4.69) is 9.84 Å². The Morgan fingerprint density at radius 2 is 1.90 bits per heavy atom. The highest BCUT2D eigenvalue weighted by Gasteiger charge is 2.13. The van der Waals surface area contributed by atoms with Crippen LogP contribution in [0.2, 0.25) is 0 Å². The predicted molar refractivity (Wildman–Crippen MR) is 78.5 cm³/mol. The summed E-state index contributed by atoms with van der Waals surface area (Å²) in [6, 6.07) is 5.47. The molecule has 0 amide bonds. The van der Waals surface area contributed by atoms with E-state index in [4.69, 9.17) is 0 Å². The Morgan fingerprint density at radius 1 is 1.29 bits per heavy atom. The van der Waals surface area contributed by atoms with Gasteiger partial charge in [0, 0.05) is 11.3 Å². The van der Waals surface area contributed by atoms with Gasteiger partial charge >= 0.3 is 5.97 Å². The molecule has 0 aliphatic rings. The van der Waals surface area contributed by atoms with E-state index in [9.17, 15) is 9.18 Å². The molecule has 112 valence electrons. The summed E-state index contributed by atoms with van der Waals surface area (Å²) in [5.74, 6) is -0.533. The van der Waals surface area contributed by atoms with Crippen molar-refractivity contribution in [2.24, 2.45) is 0 Å². The molecule has 1 aromatic heterocycles. The molecule has 0 fully saturated rings. The van der Waals surface area contributed by atoms with Gasteiger partial charge in [0.25, 0.3) is 0 Å². The number of esters is 1. The Kier molecular flexibility index (Phi) is 4.40. The molecule has 21 heavy (non-hydrogen) atoms. The monoisotopic (exact) mass is 290 g/mol. The number of aryl methyl sites for hydroxylation is 3. The first-order valence-corrected chi connectivity index (χ1v) is 6.87. The van der Waals surface area contributed by atoms with Gasteiger partial charge in [-0.2, -0.15) is 5.10 Å². The molecule has 0 atom stereocenters. The Hall–Kier alpha value is -2.17. The standard InChI is InChI=1S/C16H19FN2O2/c1-5-13-8-14(18-19(13)9-15(20)21-4)12-6-10(2)16(17)11(3)7-12/h6-8H,5,9H2,1-4H3. The first-order chi connectivity index (χ1) is 9.96. The normalized spacial score (nSPS) is 10.7. The number of methoxy groups -OCH3 is 1. The molecule has 0 N–H and O–H groups in total. The Labute approximate surface area is 123 Å². The van der Waals surface area contributed by atoms with Gasteiger partial charge in [0.15, 0.2) is 0 Å². The fraction of sp³-hybridized carbons (Fsp3) is 0.375. The van der Waals surface area contributed by atoms with E-state index < -0.39 is 0 Å². The number of carbonyl (C=O) groups excluding carboxylic acids is 1. The van der Waals surface area contributed by atoms with Crippen molar-refractivity contribution >= 4 is 5.97 Å². The van der Waals surface area contributed by atoms with Gasteiger partial charge in [-0.05, 0) is 49.6 Å². The van der Waals surface area contributed by atoms with Gasteiger partial charge < -0.3 is 4.74 Å². The Bertz CT molecular complexity index is 654. The number of aromatic nitrogens is 2. The lowest BCUT2D eigenvalue weighted by atomic mass is 10.0. The molecular formula is C16H19FN2O2. The molecule has 0 bridgehead atoms. The zero-order valence-corrected chi connectivity index (χ0v) is 12.7. The third kappa shape index (κ3) is 3.12. The van der Waals surface area contributed by atoms with E-state index in [1.54, 1.807) is 30.7 Å². The molecule has 2 rings (SSSR count). The lowest BCUT2D eigenvalue weighted by molar-refractivity contribution is -0.141. The van der Waals surface area contributed by atoms with Gasteiger partial charge in [0.1, 0.15) is 12.4 Å². The lowest BCUT2D eigenvalue weighted by Gasteiger charge is -2.05. The molecule has 1 aromatic carbocycles. The van der Waals surface area contributed by atoms with E-state index in [1.165, 1.54) is 7.11 Å². The van der Waals surface area contributed by atoms with Crippen LogP contribution in [0.3, 0.4) is 0 Å². The number of rotatable bonds is 4. The van der Waals surface area contributed by atoms with Gasteiger partial charge in [0.2, 0.25) is 0 Å². The van der Waals surface area contributed by atoms with Crippen LogP contribution in [-0.2, 0) is 22.5 Å². The van der Waals surface area contributed by atoms with Crippen molar-refractivity contribution in [1.82, 2.24) is 9.78 Å². The van der Waals surface area contributed by atoms with Crippen molar-refractivity contribution in [3.05, 3.63) is 40.8 Å². The number of carbonyl (C=O) groups is 1. The topological polar surface area (TPSA) is 44.1 Å². The fourth-order valence-electron chi connectivity index (χ4n) is 2.30. The van der Waals surface area contributed by atoms with Crippen LogP contribution in [0.1, 0.15) is 23.7 Å². The molecular weight excluding hydrogens is 271 g/mol. The smallest absolute Gasteiger partial charge is 0.327 e. The van der Waals surface area contributed by atoms with E-state index in [0.717, 1.165) is 23.4 Å². The quantitative estimate of drug-likeness (QED) is 0.813. The summed E-state index contributed by atoms with van der Waals surface area (Å²) < 4.78 is 20.0. The molecule has 0 aliphatic carbocycles. The minimum absolute atomic E-state index is 0.0822. The lowest BCUT2D eigenvalue weighted by Crippen LogP contribution is -2.14. The highest BCUT2D eigenvalue weighted by atomic mass is 19.1. The van der Waals surface area contributed by atoms with Crippen molar-refractivity contribution in [1.29, 1.82) is 0 Å². The predicted octanol–water partition coefficient (Wildman–Crippen LogP) is 3.04. The molecule has 4 nitrogen and oxygen atoms in total. The summed E-state index contributed by atoms with van der Waals surface area (Å²) in [5.41, 5.74) is 3.71. The van der Waals surface area contributed by atoms with Gasteiger partial charge in [-0.25, -0.2) is 4.39 Å². The van der Waals surface area contributed by atoms with Crippen LogP contribution < -0.4 is 0 Å². The van der Waals surface area contributed by atoms with Crippen LogP contribution in [-0.4, -0.2) is 22.9 Å². The number of benzene rings is 1. The van der Waals surface area contributed by atoms with Crippen LogP contribution in [0.4, 0.5) is 4.39 Å². The van der Waals surface area contributed by atoms with E-state index in [1.807, 2.05) is 13.0 Å². The Balaban J connectivity index is 2.43. The molecule has 0 saturated heterocycles.